The average molecular weight is 323 g/mol. The summed E-state index contributed by atoms with van der Waals surface area (Å²) in [4.78, 5) is 24.8. The Bertz CT molecular complexity index is 703. The average Bonchev–Trinajstić information content (AvgIpc) is 2.70. The standard InChI is InChI=1S/C15H17NO5S/c1-15(2,3)21-14(18)12-8(13(17)20-4)5-6-10-9(12)7-11(16)22(10)19/h5-6,16H,7H2,1-4H3. The minimum atomic E-state index is -1.59. The van der Waals surface area contributed by atoms with Gasteiger partial charge in [0.05, 0.1) is 29.0 Å². The monoisotopic (exact) mass is 323 g/mol. The molecule has 1 aliphatic heterocycles. The number of hydrogen-bond donors (Lipinski definition) is 1. The van der Waals surface area contributed by atoms with Crippen molar-refractivity contribution in [3.8, 4) is 0 Å². The third-order valence-electron chi connectivity index (χ3n) is 3.04. The van der Waals surface area contributed by atoms with Gasteiger partial charge < -0.3 is 9.47 Å². The Labute approximate surface area is 130 Å². The van der Waals surface area contributed by atoms with E-state index in [4.69, 9.17) is 14.9 Å². The highest BCUT2D eigenvalue weighted by Gasteiger charge is 2.34. The van der Waals surface area contributed by atoms with Crippen molar-refractivity contribution in [3.05, 3.63) is 28.8 Å². The SMILES string of the molecule is COC(=O)c1ccc2c(c1C(=O)OC(C)(C)C)CC(=N)S2=O. The summed E-state index contributed by atoms with van der Waals surface area (Å²) in [6.45, 7) is 5.14. The van der Waals surface area contributed by atoms with E-state index in [1.807, 2.05) is 0 Å². The summed E-state index contributed by atoms with van der Waals surface area (Å²) >= 11 is 0. The Kier molecular flexibility index (Phi) is 4.19. The maximum Gasteiger partial charge on any atom is 0.339 e. The molecule has 0 saturated heterocycles. The number of carbonyl (C=O) groups excluding carboxylic acids is 2. The van der Waals surface area contributed by atoms with Gasteiger partial charge in [-0.2, -0.15) is 0 Å². The maximum absolute atomic E-state index is 12.5. The van der Waals surface area contributed by atoms with Gasteiger partial charge in [-0.05, 0) is 38.5 Å². The molecule has 0 fully saturated rings. The Balaban J connectivity index is 2.63. The number of esters is 2. The smallest absolute Gasteiger partial charge is 0.339 e. The molecule has 0 amide bonds. The van der Waals surface area contributed by atoms with E-state index in [0.29, 0.717) is 10.5 Å². The molecule has 0 radical (unpaired) electrons. The lowest BCUT2D eigenvalue weighted by Crippen LogP contribution is -2.26. The van der Waals surface area contributed by atoms with E-state index in [1.165, 1.54) is 19.2 Å². The molecular weight excluding hydrogens is 306 g/mol. The molecule has 7 heteroatoms. The summed E-state index contributed by atoms with van der Waals surface area (Å²) in [5, 5.41) is 7.71. The molecule has 1 atom stereocenters. The molecule has 0 aromatic heterocycles. The first-order chi connectivity index (χ1) is 10.2. The van der Waals surface area contributed by atoms with Crippen molar-refractivity contribution in [2.75, 3.05) is 7.11 Å². The fourth-order valence-corrected chi connectivity index (χ4v) is 3.31. The molecule has 1 unspecified atom stereocenters. The first-order valence-electron chi connectivity index (χ1n) is 6.62. The van der Waals surface area contributed by atoms with Gasteiger partial charge in [0.2, 0.25) is 0 Å². The zero-order chi connectivity index (χ0) is 16.7. The van der Waals surface area contributed by atoms with E-state index < -0.39 is 28.3 Å². The molecule has 0 bridgehead atoms. The molecule has 1 heterocycles. The van der Waals surface area contributed by atoms with Crippen molar-refractivity contribution >= 4 is 27.8 Å². The van der Waals surface area contributed by atoms with Crippen LogP contribution >= 0.6 is 0 Å². The minimum absolute atomic E-state index is 0.00169. The van der Waals surface area contributed by atoms with Crippen LogP contribution in [0, 0.1) is 5.41 Å². The highest BCUT2D eigenvalue weighted by Crippen LogP contribution is 2.31. The molecule has 6 nitrogen and oxygen atoms in total. The second-order valence-corrected chi connectivity index (χ2v) is 7.30. The molecule has 1 aromatic carbocycles. The van der Waals surface area contributed by atoms with Gasteiger partial charge in [-0.25, -0.2) is 13.8 Å². The van der Waals surface area contributed by atoms with Crippen molar-refractivity contribution in [1.29, 1.82) is 5.41 Å². The molecule has 1 aromatic rings. The van der Waals surface area contributed by atoms with E-state index in [2.05, 4.69) is 0 Å². The normalized spacial score (nSPS) is 17.1. The van der Waals surface area contributed by atoms with Crippen LogP contribution in [-0.2, 0) is 26.7 Å². The van der Waals surface area contributed by atoms with Crippen molar-refractivity contribution < 1.29 is 23.3 Å². The van der Waals surface area contributed by atoms with Gasteiger partial charge in [0.25, 0.3) is 0 Å². The second kappa shape index (κ2) is 5.64. The number of hydrogen-bond acceptors (Lipinski definition) is 6. The lowest BCUT2D eigenvalue weighted by molar-refractivity contribution is 0.00639. The summed E-state index contributed by atoms with van der Waals surface area (Å²) in [6, 6.07) is 2.88. The van der Waals surface area contributed by atoms with Crippen LogP contribution in [0.5, 0.6) is 0 Å². The predicted molar refractivity (Wildman–Crippen MR) is 80.8 cm³/mol. The van der Waals surface area contributed by atoms with Crippen LogP contribution in [0.4, 0.5) is 0 Å². The van der Waals surface area contributed by atoms with Crippen molar-refractivity contribution in [1.82, 2.24) is 0 Å². The summed E-state index contributed by atoms with van der Waals surface area (Å²) in [5.41, 5.74) is -0.240. The highest BCUT2D eigenvalue weighted by molar-refractivity contribution is 8.01. The van der Waals surface area contributed by atoms with E-state index in [9.17, 15) is 13.8 Å². The number of methoxy groups -OCH3 is 1. The first kappa shape index (κ1) is 16.4. The van der Waals surface area contributed by atoms with Crippen LogP contribution in [0.15, 0.2) is 17.0 Å². The number of rotatable bonds is 2. The molecular formula is C15H17NO5S. The zero-order valence-corrected chi connectivity index (χ0v) is 13.6. The Hall–Kier alpha value is -2.02. The van der Waals surface area contributed by atoms with E-state index in [0.717, 1.165) is 0 Å². The highest BCUT2D eigenvalue weighted by atomic mass is 32.2. The van der Waals surface area contributed by atoms with Crippen molar-refractivity contribution in [2.45, 2.75) is 37.7 Å². The van der Waals surface area contributed by atoms with Crippen molar-refractivity contribution in [3.63, 3.8) is 0 Å². The number of benzene rings is 1. The molecule has 0 saturated carbocycles. The molecule has 22 heavy (non-hydrogen) atoms. The Morgan fingerprint density at radius 2 is 1.86 bits per heavy atom. The fourth-order valence-electron chi connectivity index (χ4n) is 2.18. The summed E-state index contributed by atoms with van der Waals surface area (Å²) in [5.74, 6) is -1.36. The summed E-state index contributed by atoms with van der Waals surface area (Å²) < 4.78 is 22.1. The van der Waals surface area contributed by atoms with Crippen LogP contribution in [0.1, 0.15) is 47.1 Å². The minimum Gasteiger partial charge on any atom is -0.465 e. The van der Waals surface area contributed by atoms with Crippen LogP contribution in [0.25, 0.3) is 0 Å². The first-order valence-corrected chi connectivity index (χ1v) is 7.77. The largest absolute Gasteiger partial charge is 0.465 e. The van der Waals surface area contributed by atoms with Crippen LogP contribution in [0.2, 0.25) is 0 Å². The van der Waals surface area contributed by atoms with Crippen molar-refractivity contribution in [2.24, 2.45) is 0 Å². The lowest BCUT2D eigenvalue weighted by Gasteiger charge is -2.21. The molecule has 0 aliphatic carbocycles. The van der Waals surface area contributed by atoms with Gasteiger partial charge in [-0.1, -0.05) is 0 Å². The van der Waals surface area contributed by atoms with Gasteiger partial charge in [-0.15, -0.1) is 0 Å². The maximum atomic E-state index is 12.5. The van der Waals surface area contributed by atoms with Crippen LogP contribution in [0.3, 0.4) is 0 Å². The van der Waals surface area contributed by atoms with Crippen LogP contribution in [-0.4, -0.2) is 33.9 Å². The molecule has 1 aliphatic rings. The third-order valence-corrected chi connectivity index (χ3v) is 4.41. The van der Waals surface area contributed by atoms with E-state index >= 15 is 0 Å². The fraction of sp³-hybridized carbons (Fsp3) is 0.400. The molecule has 1 N–H and O–H groups in total. The molecule has 0 spiro atoms. The van der Waals surface area contributed by atoms with Gasteiger partial charge >= 0.3 is 11.9 Å². The summed E-state index contributed by atoms with van der Waals surface area (Å²) in [7, 11) is -0.376. The molecule has 118 valence electrons. The van der Waals surface area contributed by atoms with Gasteiger partial charge in [0.15, 0.2) is 0 Å². The number of ether oxygens (including phenoxy) is 2. The number of carbonyl (C=O) groups is 2. The topological polar surface area (TPSA) is 93.5 Å². The third kappa shape index (κ3) is 2.94. The second-order valence-electron chi connectivity index (χ2n) is 5.83. The Morgan fingerprint density at radius 3 is 2.41 bits per heavy atom. The van der Waals surface area contributed by atoms with Crippen LogP contribution < -0.4 is 0 Å². The van der Waals surface area contributed by atoms with Gasteiger partial charge in [0.1, 0.15) is 10.6 Å². The van der Waals surface area contributed by atoms with E-state index in [-0.39, 0.29) is 22.6 Å². The lowest BCUT2D eigenvalue weighted by atomic mass is 9.98. The Morgan fingerprint density at radius 1 is 1.23 bits per heavy atom. The van der Waals surface area contributed by atoms with E-state index in [1.54, 1.807) is 20.8 Å². The number of nitrogens with one attached hydrogen (secondary N) is 1. The van der Waals surface area contributed by atoms with Gasteiger partial charge in [0, 0.05) is 11.3 Å². The summed E-state index contributed by atoms with van der Waals surface area (Å²) in [6.07, 6.45) is 0.0569. The molecule has 2 rings (SSSR count). The van der Waals surface area contributed by atoms with Gasteiger partial charge in [-0.3, -0.25) is 5.41 Å². The predicted octanol–water partition coefficient (Wildman–Crippen LogP) is 2.07. The number of fused-ring (bicyclic) bond motifs is 1. The zero-order valence-electron chi connectivity index (χ0n) is 12.8. The quantitative estimate of drug-likeness (QED) is 0.841.